The smallest absolute Gasteiger partial charge is 0.188 e. The summed E-state index contributed by atoms with van der Waals surface area (Å²) in [5.41, 5.74) is -0.248. The number of hydrogen-bond acceptors (Lipinski definition) is 2. The van der Waals surface area contributed by atoms with E-state index in [1.54, 1.807) is 0 Å². The Bertz CT molecular complexity index is 880. The first-order valence-electron chi connectivity index (χ1n) is 7.46. The zero-order chi connectivity index (χ0) is 18.7. The first-order valence-corrected chi connectivity index (χ1v) is 9.32. The summed E-state index contributed by atoms with van der Waals surface area (Å²) < 4.78 is 53.3. The van der Waals surface area contributed by atoms with Crippen LogP contribution < -0.4 is 0 Å². The predicted molar refractivity (Wildman–Crippen MR) is 96.3 cm³/mol. The van der Waals surface area contributed by atoms with Gasteiger partial charge in [-0.3, -0.25) is 0 Å². The van der Waals surface area contributed by atoms with Crippen LogP contribution in [0.2, 0.25) is 5.02 Å². The monoisotopic (exact) mass is 382 g/mol. The van der Waals surface area contributed by atoms with Gasteiger partial charge in [0.15, 0.2) is 9.84 Å². The lowest BCUT2D eigenvalue weighted by Gasteiger charge is -2.32. The maximum atomic E-state index is 14.5. The molecular formula is C19H17ClF2O2S. The van der Waals surface area contributed by atoms with Crippen molar-refractivity contribution in [3.8, 4) is 0 Å². The fraction of sp³-hybridized carbons (Fsp3) is 0.158. The van der Waals surface area contributed by atoms with Crippen molar-refractivity contribution in [1.29, 1.82) is 0 Å². The van der Waals surface area contributed by atoms with Gasteiger partial charge in [0.25, 0.3) is 0 Å². The molecule has 2 nitrogen and oxygen atoms in total. The van der Waals surface area contributed by atoms with Crippen molar-refractivity contribution >= 4 is 21.4 Å². The van der Waals surface area contributed by atoms with Gasteiger partial charge in [-0.25, -0.2) is 17.2 Å². The van der Waals surface area contributed by atoms with E-state index in [-0.39, 0.29) is 23.3 Å². The van der Waals surface area contributed by atoms with Gasteiger partial charge in [-0.2, -0.15) is 0 Å². The van der Waals surface area contributed by atoms with E-state index in [4.69, 9.17) is 11.6 Å². The SMILES string of the molecule is C=CCC(CC=C)(c1cc(F)ccc1F)S(=O)(=O)c1ccc(Cl)cc1. The standard InChI is InChI=1S/C19H17ClF2O2S/c1-3-11-19(12-4-2,17-13-15(21)7-10-18(17)22)25(23,24)16-8-5-14(20)6-9-16/h3-10,13H,1-2,11-12H2. The molecule has 0 fully saturated rings. The Kier molecular flexibility index (Phi) is 5.80. The van der Waals surface area contributed by atoms with Crippen LogP contribution in [0.15, 0.2) is 72.7 Å². The van der Waals surface area contributed by atoms with Gasteiger partial charge in [-0.1, -0.05) is 23.8 Å². The van der Waals surface area contributed by atoms with Crippen molar-refractivity contribution in [3.05, 3.63) is 90.0 Å². The molecular weight excluding hydrogens is 366 g/mol. The molecule has 0 amide bonds. The van der Waals surface area contributed by atoms with Crippen LogP contribution in [0.1, 0.15) is 18.4 Å². The first kappa shape index (κ1) is 19.3. The van der Waals surface area contributed by atoms with E-state index >= 15 is 0 Å². The molecule has 2 rings (SSSR count). The summed E-state index contributed by atoms with van der Waals surface area (Å²) in [7, 11) is -4.10. The van der Waals surface area contributed by atoms with Gasteiger partial charge in [0.05, 0.1) is 4.90 Å². The molecule has 132 valence electrons. The zero-order valence-electron chi connectivity index (χ0n) is 13.4. The minimum absolute atomic E-state index is 0.0377. The minimum Gasteiger partial charge on any atom is -0.223 e. The highest BCUT2D eigenvalue weighted by molar-refractivity contribution is 7.92. The molecule has 0 aromatic heterocycles. The zero-order valence-corrected chi connectivity index (χ0v) is 15.0. The van der Waals surface area contributed by atoms with Crippen molar-refractivity contribution in [1.82, 2.24) is 0 Å². The van der Waals surface area contributed by atoms with Crippen molar-refractivity contribution in [3.63, 3.8) is 0 Å². The normalized spacial score (nSPS) is 12.0. The average Bonchev–Trinajstić information content (AvgIpc) is 2.57. The van der Waals surface area contributed by atoms with Crippen LogP contribution >= 0.6 is 11.6 Å². The van der Waals surface area contributed by atoms with E-state index in [0.29, 0.717) is 5.02 Å². The predicted octanol–water partition coefficient (Wildman–Crippen LogP) is 5.44. The third kappa shape index (κ3) is 3.53. The van der Waals surface area contributed by atoms with E-state index in [1.165, 1.54) is 36.4 Å². The van der Waals surface area contributed by atoms with Gasteiger partial charge in [0, 0.05) is 10.6 Å². The summed E-state index contributed by atoms with van der Waals surface area (Å²) >= 11 is 5.82. The Morgan fingerprint density at radius 2 is 1.56 bits per heavy atom. The molecule has 0 saturated carbocycles. The molecule has 0 heterocycles. The second kappa shape index (κ2) is 7.50. The summed E-state index contributed by atoms with van der Waals surface area (Å²) in [6, 6.07) is 8.33. The quantitative estimate of drug-likeness (QED) is 0.597. The molecule has 0 aliphatic rings. The minimum atomic E-state index is -4.10. The molecule has 0 atom stereocenters. The van der Waals surface area contributed by atoms with Crippen LogP contribution in [0, 0.1) is 11.6 Å². The Balaban J connectivity index is 2.82. The van der Waals surface area contributed by atoms with Crippen molar-refractivity contribution in [2.24, 2.45) is 0 Å². The average molecular weight is 383 g/mol. The van der Waals surface area contributed by atoms with E-state index in [2.05, 4.69) is 13.2 Å². The van der Waals surface area contributed by atoms with Crippen molar-refractivity contribution in [2.45, 2.75) is 22.5 Å². The molecule has 2 aromatic rings. The molecule has 0 aliphatic carbocycles. The first-order chi connectivity index (χ1) is 11.8. The molecule has 0 saturated heterocycles. The van der Waals surface area contributed by atoms with E-state index < -0.39 is 26.2 Å². The van der Waals surface area contributed by atoms with Gasteiger partial charge in [-0.15, -0.1) is 13.2 Å². The number of hydrogen-bond donors (Lipinski definition) is 0. The van der Waals surface area contributed by atoms with Crippen LogP contribution in [0.25, 0.3) is 0 Å². The number of rotatable bonds is 7. The highest BCUT2D eigenvalue weighted by atomic mass is 35.5. The molecule has 0 N–H and O–H groups in total. The lowest BCUT2D eigenvalue weighted by Crippen LogP contribution is -2.36. The van der Waals surface area contributed by atoms with Gasteiger partial charge in [0.1, 0.15) is 16.4 Å². The Morgan fingerprint density at radius 1 is 1.00 bits per heavy atom. The topological polar surface area (TPSA) is 34.1 Å². The highest BCUT2D eigenvalue weighted by Crippen LogP contribution is 2.43. The maximum Gasteiger partial charge on any atom is 0.188 e. The molecule has 6 heteroatoms. The third-order valence-corrected chi connectivity index (χ3v) is 6.73. The number of allylic oxidation sites excluding steroid dienone is 2. The van der Waals surface area contributed by atoms with Crippen molar-refractivity contribution in [2.75, 3.05) is 0 Å². The molecule has 0 unspecified atom stereocenters. The van der Waals surface area contributed by atoms with E-state index in [9.17, 15) is 17.2 Å². The van der Waals surface area contributed by atoms with E-state index in [1.807, 2.05) is 0 Å². The molecule has 0 spiro atoms. The third-order valence-electron chi connectivity index (χ3n) is 4.01. The second-order valence-electron chi connectivity index (χ2n) is 5.56. The van der Waals surface area contributed by atoms with Crippen molar-refractivity contribution < 1.29 is 17.2 Å². The van der Waals surface area contributed by atoms with Gasteiger partial charge >= 0.3 is 0 Å². The summed E-state index contributed by atoms with van der Waals surface area (Å²) in [4.78, 5) is -0.0377. The van der Waals surface area contributed by atoms with Gasteiger partial charge in [-0.05, 0) is 55.3 Å². The Labute approximate surface area is 151 Å². The number of halogens is 3. The maximum absolute atomic E-state index is 14.5. The molecule has 2 aromatic carbocycles. The van der Waals surface area contributed by atoms with Crippen LogP contribution in [0.4, 0.5) is 8.78 Å². The number of sulfone groups is 1. The van der Waals surface area contributed by atoms with Crippen LogP contribution in [0.5, 0.6) is 0 Å². The molecule has 0 bridgehead atoms. The molecule has 0 aliphatic heterocycles. The Hall–Kier alpha value is -1.98. The van der Waals surface area contributed by atoms with Gasteiger partial charge in [0.2, 0.25) is 0 Å². The fourth-order valence-corrected chi connectivity index (χ4v) is 5.01. The summed E-state index contributed by atoms with van der Waals surface area (Å²) in [6.45, 7) is 7.18. The number of benzene rings is 2. The van der Waals surface area contributed by atoms with Gasteiger partial charge < -0.3 is 0 Å². The van der Waals surface area contributed by atoms with Crippen LogP contribution in [-0.2, 0) is 14.6 Å². The largest absolute Gasteiger partial charge is 0.223 e. The second-order valence-corrected chi connectivity index (χ2v) is 8.26. The molecule has 0 radical (unpaired) electrons. The Morgan fingerprint density at radius 3 is 2.08 bits per heavy atom. The highest BCUT2D eigenvalue weighted by Gasteiger charge is 2.46. The molecule has 25 heavy (non-hydrogen) atoms. The summed E-state index contributed by atoms with van der Waals surface area (Å²) in [5, 5.41) is 0.369. The van der Waals surface area contributed by atoms with E-state index in [0.717, 1.165) is 18.2 Å². The summed E-state index contributed by atoms with van der Waals surface area (Å²) in [5.74, 6) is -1.53. The summed E-state index contributed by atoms with van der Waals surface area (Å²) in [6.07, 6.45) is 2.54. The lowest BCUT2D eigenvalue weighted by molar-refractivity contribution is 0.491. The lowest BCUT2D eigenvalue weighted by atomic mass is 9.90. The fourth-order valence-electron chi connectivity index (χ4n) is 2.82. The van der Waals surface area contributed by atoms with Crippen LogP contribution in [0.3, 0.4) is 0 Å². The van der Waals surface area contributed by atoms with Crippen LogP contribution in [-0.4, -0.2) is 8.42 Å².